The van der Waals surface area contributed by atoms with Crippen molar-refractivity contribution in [3.8, 4) is 0 Å². The van der Waals surface area contributed by atoms with E-state index in [1.165, 1.54) is 19.6 Å². The van der Waals surface area contributed by atoms with Gasteiger partial charge in [-0.2, -0.15) is 0 Å². The van der Waals surface area contributed by atoms with Gasteiger partial charge in [-0.05, 0) is 12.2 Å². The van der Waals surface area contributed by atoms with Gasteiger partial charge in [-0.25, -0.2) is 19.8 Å². The Morgan fingerprint density at radius 1 is 1.41 bits per heavy atom. The Labute approximate surface area is 97.0 Å². The van der Waals surface area contributed by atoms with Gasteiger partial charge in [-0.3, -0.25) is 4.90 Å². The minimum absolute atomic E-state index is 0.323. The third kappa shape index (κ3) is 1.34. The van der Waals surface area contributed by atoms with Gasteiger partial charge in [0.15, 0.2) is 5.84 Å². The summed E-state index contributed by atoms with van der Waals surface area (Å²) >= 11 is 0. The number of amidine groups is 2. The van der Waals surface area contributed by atoms with E-state index in [0.717, 1.165) is 0 Å². The molecule has 0 aromatic heterocycles. The molecule has 0 atom stereocenters. The van der Waals surface area contributed by atoms with Crippen molar-refractivity contribution in [2.24, 2.45) is 15.0 Å². The van der Waals surface area contributed by atoms with Crippen molar-refractivity contribution in [1.29, 1.82) is 0 Å². The lowest BCUT2D eigenvalue weighted by atomic mass is 10.1. The Morgan fingerprint density at radius 3 is 3.12 bits per heavy atom. The molecular weight excluding hydrogens is 220 g/mol. The van der Waals surface area contributed by atoms with Crippen LogP contribution in [0.15, 0.2) is 50.8 Å². The topological polar surface area (TPSA) is 66.6 Å². The average molecular weight is 228 g/mol. The second-order valence-corrected chi connectivity index (χ2v) is 3.44. The average Bonchev–Trinajstić information content (AvgIpc) is 2.39. The van der Waals surface area contributed by atoms with Gasteiger partial charge in [0.25, 0.3) is 0 Å². The number of hydrogen-bond acceptors (Lipinski definition) is 6. The molecule has 0 saturated heterocycles. The largest absolute Gasteiger partial charge is 0.465 e. The van der Waals surface area contributed by atoms with Crippen molar-refractivity contribution in [2.45, 2.75) is 0 Å². The third-order valence-corrected chi connectivity index (χ3v) is 2.50. The lowest BCUT2D eigenvalue weighted by Crippen LogP contribution is -2.42. The maximum atomic E-state index is 11.6. The quantitative estimate of drug-likeness (QED) is 0.617. The summed E-state index contributed by atoms with van der Waals surface area (Å²) in [6.07, 6.45) is 8.37. The van der Waals surface area contributed by atoms with Crippen molar-refractivity contribution in [2.75, 3.05) is 7.11 Å². The van der Waals surface area contributed by atoms with Gasteiger partial charge in [-0.1, -0.05) is 6.08 Å². The first kappa shape index (κ1) is 9.71. The highest BCUT2D eigenvalue weighted by Gasteiger charge is 2.32. The molecule has 3 aliphatic rings. The van der Waals surface area contributed by atoms with Crippen molar-refractivity contribution in [1.82, 2.24) is 4.90 Å². The lowest BCUT2D eigenvalue weighted by molar-refractivity contribution is -0.135. The number of hydrogen-bond donors (Lipinski definition) is 0. The van der Waals surface area contributed by atoms with E-state index >= 15 is 0 Å². The number of esters is 1. The number of aliphatic imine (C=N–C) groups is 3. The molecule has 0 aromatic carbocycles. The van der Waals surface area contributed by atoms with E-state index in [4.69, 9.17) is 4.74 Å². The summed E-state index contributed by atoms with van der Waals surface area (Å²) in [4.78, 5) is 25.7. The molecule has 0 N–H and O–H groups in total. The molecular formula is C11H8N4O2. The van der Waals surface area contributed by atoms with E-state index in [0.29, 0.717) is 23.1 Å². The molecule has 0 saturated carbocycles. The predicted octanol–water partition coefficient (Wildman–Crippen LogP) is 0.609. The molecule has 3 aliphatic heterocycles. The van der Waals surface area contributed by atoms with E-state index in [2.05, 4.69) is 15.0 Å². The molecule has 3 heterocycles. The van der Waals surface area contributed by atoms with Crippen molar-refractivity contribution < 1.29 is 9.53 Å². The van der Waals surface area contributed by atoms with Gasteiger partial charge in [0.05, 0.1) is 7.11 Å². The van der Waals surface area contributed by atoms with E-state index in [1.54, 1.807) is 4.90 Å². The number of methoxy groups -OCH3 is 1. The summed E-state index contributed by atoms with van der Waals surface area (Å²) in [5.41, 5.74) is 0.323. The molecule has 0 bridgehead atoms. The number of rotatable bonds is 1. The molecule has 0 fully saturated rings. The molecule has 6 nitrogen and oxygen atoms in total. The van der Waals surface area contributed by atoms with Crippen LogP contribution in [-0.2, 0) is 9.53 Å². The molecule has 6 heteroatoms. The zero-order valence-corrected chi connectivity index (χ0v) is 8.99. The highest BCUT2D eigenvalue weighted by atomic mass is 16.5. The summed E-state index contributed by atoms with van der Waals surface area (Å²) in [5, 5.41) is 0. The van der Waals surface area contributed by atoms with Crippen LogP contribution in [0.25, 0.3) is 0 Å². The summed E-state index contributed by atoms with van der Waals surface area (Å²) in [6, 6.07) is 0. The second kappa shape index (κ2) is 3.51. The Hall–Kier alpha value is -2.50. The Kier molecular flexibility index (Phi) is 2.01. The van der Waals surface area contributed by atoms with Gasteiger partial charge in [0, 0.05) is 6.20 Å². The zero-order valence-electron chi connectivity index (χ0n) is 8.99. The number of carbonyl (C=O) groups is 1. The summed E-state index contributed by atoms with van der Waals surface area (Å²) in [5.74, 6) is 1.40. The van der Waals surface area contributed by atoms with Crippen molar-refractivity contribution in [3.63, 3.8) is 0 Å². The number of allylic oxidation sites excluding steroid dienone is 2. The van der Waals surface area contributed by atoms with Gasteiger partial charge in [0.2, 0.25) is 0 Å². The fourth-order valence-electron chi connectivity index (χ4n) is 1.74. The number of carbonyl (C=O) groups excluding carboxylic acids is 1. The molecule has 0 aliphatic carbocycles. The van der Waals surface area contributed by atoms with Crippen LogP contribution < -0.4 is 0 Å². The standard InChI is InChI=1S/C11H8N4O2/c1-17-11(16)7-5-12-8-3-2-4-9-13-6-14-10(7)15(8)9/h2-6H,1H3. The Morgan fingerprint density at radius 2 is 2.29 bits per heavy atom. The molecule has 17 heavy (non-hydrogen) atoms. The highest BCUT2D eigenvalue weighted by molar-refractivity contribution is 6.28. The normalized spacial score (nSPS) is 19.9. The highest BCUT2D eigenvalue weighted by Crippen LogP contribution is 2.24. The van der Waals surface area contributed by atoms with Crippen LogP contribution >= 0.6 is 0 Å². The van der Waals surface area contributed by atoms with Crippen LogP contribution in [0.5, 0.6) is 0 Å². The van der Waals surface area contributed by atoms with E-state index in [9.17, 15) is 4.79 Å². The lowest BCUT2D eigenvalue weighted by Gasteiger charge is -2.31. The minimum atomic E-state index is -0.462. The Balaban J connectivity index is 2.15. The van der Waals surface area contributed by atoms with Crippen LogP contribution in [0.1, 0.15) is 0 Å². The molecule has 3 rings (SSSR count). The minimum Gasteiger partial charge on any atom is -0.465 e. The fourth-order valence-corrected chi connectivity index (χ4v) is 1.74. The van der Waals surface area contributed by atoms with Crippen molar-refractivity contribution >= 4 is 24.0 Å². The Bertz CT molecular complexity index is 578. The SMILES string of the molecule is COC(=O)C1=CN=C2C=CC=C3N=CN=C1N32. The van der Waals surface area contributed by atoms with Crippen LogP contribution in [0.4, 0.5) is 0 Å². The van der Waals surface area contributed by atoms with Crippen molar-refractivity contribution in [3.05, 3.63) is 35.8 Å². The first-order valence-corrected chi connectivity index (χ1v) is 4.97. The van der Waals surface area contributed by atoms with Crippen LogP contribution in [0.3, 0.4) is 0 Å². The van der Waals surface area contributed by atoms with E-state index in [-0.39, 0.29) is 0 Å². The molecule has 0 unspecified atom stereocenters. The second-order valence-electron chi connectivity index (χ2n) is 3.44. The first-order valence-electron chi connectivity index (χ1n) is 4.97. The summed E-state index contributed by atoms with van der Waals surface area (Å²) in [6.45, 7) is 0. The monoisotopic (exact) mass is 228 g/mol. The number of nitrogens with zero attached hydrogens (tertiary/aromatic N) is 4. The maximum Gasteiger partial charge on any atom is 0.343 e. The van der Waals surface area contributed by atoms with E-state index < -0.39 is 5.97 Å². The van der Waals surface area contributed by atoms with Crippen LogP contribution in [0, 0.1) is 0 Å². The van der Waals surface area contributed by atoms with Gasteiger partial charge in [0.1, 0.15) is 23.6 Å². The van der Waals surface area contributed by atoms with E-state index in [1.807, 2.05) is 18.2 Å². The zero-order chi connectivity index (χ0) is 11.8. The van der Waals surface area contributed by atoms with Gasteiger partial charge < -0.3 is 4.74 Å². The maximum absolute atomic E-state index is 11.6. The third-order valence-electron chi connectivity index (χ3n) is 2.50. The summed E-state index contributed by atoms with van der Waals surface area (Å²) in [7, 11) is 1.33. The first-order chi connectivity index (χ1) is 8.31. The smallest absolute Gasteiger partial charge is 0.343 e. The fraction of sp³-hybridized carbons (Fsp3) is 0.0909. The predicted molar refractivity (Wildman–Crippen MR) is 62.5 cm³/mol. The van der Waals surface area contributed by atoms with Crippen LogP contribution in [-0.4, -0.2) is 36.0 Å². The molecule has 0 aromatic rings. The van der Waals surface area contributed by atoms with Gasteiger partial charge >= 0.3 is 5.97 Å². The molecule has 0 spiro atoms. The number of ether oxygens (including phenoxy) is 1. The molecule has 0 amide bonds. The molecule has 0 radical (unpaired) electrons. The summed E-state index contributed by atoms with van der Waals surface area (Å²) < 4.78 is 4.69. The van der Waals surface area contributed by atoms with Gasteiger partial charge in [-0.15, -0.1) is 0 Å². The van der Waals surface area contributed by atoms with Crippen LogP contribution in [0.2, 0.25) is 0 Å². The molecule has 84 valence electrons.